The molecule has 0 saturated carbocycles. The molecule has 0 aliphatic rings. The lowest BCUT2D eigenvalue weighted by atomic mass is 9.94. The molecule has 1 unspecified atom stereocenters. The second-order valence-electron chi connectivity index (χ2n) is 4.84. The van der Waals surface area contributed by atoms with Gasteiger partial charge in [-0.3, -0.25) is 4.79 Å². The molecule has 20 heavy (non-hydrogen) atoms. The molecular formula is C15H22ClNO3. The molecule has 0 aliphatic heterocycles. The van der Waals surface area contributed by atoms with Crippen LogP contribution in [0, 0.1) is 0 Å². The quantitative estimate of drug-likeness (QED) is 0.786. The number of halogens is 1. The fourth-order valence-electron chi connectivity index (χ4n) is 1.95. The third kappa shape index (κ3) is 3.79. The van der Waals surface area contributed by atoms with Gasteiger partial charge >= 0.3 is 0 Å². The van der Waals surface area contributed by atoms with Gasteiger partial charge in [-0.1, -0.05) is 13.0 Å². The smallest absolute Gasteiger partial charge is 0.259 e. The van der Waals surface area contributed by atoms with Gasteiger partial charge in [-0.2, -0.15) is 0 Å². The van der Waals surface area contributed by atoms with Crippen molar-refractivity contribution in [3.63, 3.8) is 0 Å². The zero-order valence-corrected chi connectivity index (χ0v) is 13.2. The topological polar surface area (TPSA) is 47.6 Å². The number of ether oxygens (including phenoxy) is 2. The number of benzene rings is 1. The standard InChI is InChI=1S/C15H22ClNO3/c1-5-15(2,9-10-16)17-14(18)13-11(19-3)7-6-8-12(13)20-4/h6-8H,5,9-10H2,1-4H3,(H,17,18). The van der Waals surface area contributed by atoms with Gasteiger partial charge in [0, 0.05) is 11.4 Å². The number of rotatable bonds is 7. The minimum atomic E-state index is -0.343. The molecule has 0 radical (unpaired) electrons. The van der Waals surface area contributed by atoms with E-state index in [-0.39, 0.29) is 11.4 Å². The first kappa shape index (κ1) is 16.6. The van der Waals surface area contributed by atoms with Gasteiger partial charge in [0.15, 0.2) is 0 Å². The molecule has 1 aromatic carbocycles. The molecule has 5 heteroatoms. The van der Waals surface area contributed by atoms with Crippen LogP contribution < -0.4 is 14.8 Å². The maximum absolute atomic E-state index is 12.5. The van der Waals surface area contributed by atoms with Crippen LogP contribution in [0.5, 0.6) is 11.5 Å². The molecule has 0 saturated heterocycles. The van der Waals surface area contributed by atoms with Crippen molar-refractivity contribution < 1.29 is 14.3 Å². The highest BCUT2D eigenvalue weighted by Gasteiger charge is 2.27. The number of carbonyl (C=O) groups excluding carboxylic acids is 1. The van der Waals surface area contributed by atoms with E-state index in [4.69, 9.17) is 21.1 Å². The highest BCUT2D eigenvalue weighted by Crippen LogP contribution is 2.29. The van der Waals surface area contributed by atoms with Gasteiger partial charge < -0.3 is 14.8 Å². The summed E-state index contributed by atoms with van der Waals surface area (Å²) in [6, 6.07) is 5.26. The fraction of sp³-hybridized carbons (Fsp3) is 0.533. The molecule has 4 nitrogen and oxygen atoms in total. The SMILES string of the molecule is CCC(C)(CCCl)NC(=O)c1c(OC)cccc1OC. The summed E-state index contributed by atoms with van der Waals surface area (Å²) in [5.41, 5.74) is 0.0665. The predicted molar refractivity (Wildman–Crippen MR) is 81.0 cm³/mol. The average Bonchev–Trinajstić information content (AvgIpc) is 2.46. The van der Waals surface area contributed by atoms with Gasteiger partial charge in [0.25, 0.3) is 5.91 Å². The predicted octanol–water partition coefficient (Wildman–Crippen LogP) is 3.23. The maximum Gasteiger partial charge on any atom is 0.259 e. The van der Waals surface area contributed by atoms with Crippen LogP contribution in [0.4, 0.5) is 0 Å². The molecule has 1 rings (SSSR count). The Hall–Kier alpha value is -1.42. The fourth-order valence-corrected chi connectivity index (χ4v) is 2.36. The Morgan fingerprint density at radius 1 is 1.30 bits per heavy atom. The molecule has 1 amide bonds. The van der Waals surface area contributed by atoms with Crippen LogP contribution in [0.3, 0.4) is 0 Å². The monoisotopic (exact) mass is 299 g/mol. The largest absolute Gasteiger partial charge is 0.496 e. The van der Waals surface area contributed by atoms with E-state index in [9.17, 15) is 4.79 Å². The molecule has 1 aromatic rings. The second-order valence-corrected chi connectivity index (χ2v) is 5.22. The number of alkyl halides is 1. The van der Waals surface area contributed by atoms with E-state index >= 15 is 0 Å². The lowest BCUT2D eigenvalue weighted by Gasteiger charge is -2.29. The molecule has 0 bridgehead atoms. The molecule has 0 spiro atoms. The highest BCUT2D eigenvalue weighted by atomic mass is 35.5. The highest BCUT2D eigenvalue weighted by molar-refractivity contribution is 6.17. The second kappa shape index (κ2) is 7.39. The lowest BCUT2D eigenvalue weighted by molar-refractivity contribution is 0.0895. The summed E-state index contributed by atoms with van der Waals surface area (Å²) in [6.45, 7) is 4.00. The molecule has 0 aliphatic carbocycles. The minimum Gasteiger partial charge on any atom is -0.496 e. The number of amides is 1. The van der Waals surface area contributed by atoms with E-state index in [0.717, 1.165) is 6.42 Å². The van der Waals surface area contributed by atoms with E-state index in [0.29, 0.717) is 29.4 Å². The van der Waals surface area contributed by atoms with E-state index < -0.39 is 0 Å². The summed E-state index contributed by atoms with van der Waals surface area (Å²) in [7, 11) is 3.06. The van der Waals surface area contributed by atoms with Gasteiger partial charge in [-0.05, 0) is 31.9 Å². The molecule has 1 N–H and O–H groups in total. The van der Waals surface area contributed by atoms with Crippen LogP contribution in [0.1, 0.15) is 37.0 Å². The van der Waals surface area contributed by atoms with Crippen molar-refractivity contribution >= 4 is 17.5 Å². The first-order chi connectivity index (χ1) is 9.51. The van der Waals surface area contributed by atoms with Crippen LogP contribution in [0.2, 0.25) is 0 Å². The first-order valence-electron chi connectivity index (χ1n) is 6.60. The number of hydrogen-bond acceptors (Lipinski definition) is 3. The van der Waals surface area contributed by atoms with Gasteiger partial charge in [0.05, 0.1) is 14.2 Å². The Bertz CT molecular complexity index is 442. The Morgan fingerprint density at radius 2 is 1.85 bits per heavy atom. The number of nitrogens with one attached hydrogen (secondary N) is 1. The molecule has 1 atom stereocenters. The maximum atomic E-state index is 12.5. The van der Waals surface area contributed by atoms with Crippen molar-refractivity contribution in [3.05, 3.63) is 23.8 Å². The van der Waals surface area contributed by atoms with Gasteiger partial charge in [-0.25, -0.2) is 0 Å². The molecule has 0 aromatic heterocycles. The molecule has 112 valence electrons. The van der Waals surface area contributed by atoms with E-state index in [2.05, 4.69) is 5.32 Å². The minimum absolute atomic E-state index is 0.214. The van der Waals surface area contributed by atoms with Crippen LogP contribution >= 0.6 is 11.6 Å². The van der Waals surface area contributed by atoms with Gasteiger partial charge in [0.1, 0.15) is 17.1 Å². The van der Waals surface area contributed by atoms with Crippen LogP contribution in [-0.4, -0.2) is 31.5 Å². The zero-order valence-electron chi connectivity index (χ0n) is 12.5. The van der Waals surface area contributed by atoms with Crippen molar-refractivity contribution in [1.82, 2.24) is 5.32 Å². The van der Waals surface area contributed by atoms with Gasteiger partial charge in [-0.15, -0.1) is 11.6 Å². The van der Waals surface area contributed by atoms with Gasteiger partial charge in [0.2, 0.25) is 0 Å². The third-order valence-electron chi connectivity index (χ3n) is 3.50. The van der Waals surface area contributed by atoms with Crippen molar-refractivity contribution in [2.45, 2.75) is 32.2 Å². The summed E-state index contributed by atoms with van der Waals surface area (Å²) >= 11 is 5.81. The Morgan fingerprint density at radius 3 is 2.25 bits per heavy atom. The van der Waals surface area contributed by atoms with Crippen LogP contribution in [0.25, 0.3) is 0 Å². The van der Waals surface area contributed by atoms with E-state index in [1.807, 2.05) is 13.8 Å². The Kier molecular flexibility index (Phi) is 6.14. The zero-order chi connectivity index (χ0) is 15.2. The van der Waals surface area contributed by atoms with Crippen molar-refractivity contribution in [2.24, 2.45) is 0 Å². The Labute approximate surface area is 125 Å². The first-order valence-corrected chi connectivity index (χ1v) is 7.14. The molecular weight excluding hydrogens is 278 g/mol. The molecule has 0 fully saturated rings. The van der Waals surface area contributed by atoms with E-state index in [1.165, 1.54) is 14.2 Å². The third-order valence-corrected chi connectivity index (χ3v) is 3.69. The summed E-state index contributed by atoms with van der Waals surface area (Å²) in [5.74, 6) is 1.26. The normalized spacial score (nSPS) is 13.4. The Balaban J connectivity index is 3.08. The van der Waals surface area contributed by atoms with Crippen molar-refractivity contribution in [3.8, 4) is 11.5 Å². The summed E-state index contributed by atoms with van der Waals surface area (Å²) in [5, 5.41) is 3.03. The lowest BCUT2D eigenvalue weighted by Crippen LogP contribution is -2.46. The van der Waals surface area contributed by atoms with E-state index in [1.54, 1.807) is 18.2 Å². The van der Waals surface area contributed by atoms with Crippen LogP contribution in [-0.2, 0) is 0 Å². The van der Waals surface area contributed by atoms with Crippen molar-refractivity contribution in [1.29, 1.82) is 0 Å². The number of hydrogen-bond donors (Lipinski definition) is 1. The summed E-state index contributed by atoms with van der Waals surface area (Å²) < 4.78 is 10.5. The number of methoxy groups -OCH3 is 2. The summed E-state index contributed by atoms with van der Waals surface area (Å²) in [4.78, 5) is 12.5. The number of carbonyl (C=O) groups is 1. The van der Waals surface area contributed by atoms with Crippen molar-refractivity contribution in [2.75, 3.05) is 20.1 Å². The van der Waals surface area contributed by atoms with Crippen LogP contribution in [0.15, 0.2) is 18.2 Å². The molecule has 0 heterocycles. The average molecular weight is 300 g/mol. The summed E-state index contributed by atoms with van der Waals surface area (Å²) in [6.07, 6.45) is 1.50.